The van der Waals surface area contributed by atoms with Gasteiger partial charge in [-0.1, -0.05) is 55.8 Å². The Hall–Kier alpha value is -2.26. The van der Waals surface area contributed by atoms with Crippen molar-refractivity contribution in [2.24, 2.45) is 0 Å². The Morgan fingerprint density at radius 3 is 2.60 bits per heavy atom. The molecule has 1 heterocycles. The Morgan fingerprint density at radius 1 is 1.12 bits per heavy atom. The van der Waals surface area contributed by atoms with Gasteiger partial charge in [0, 0.05) is 40.5 Å². The highest BCUT2D eigenvalue weighted by atomic mass is 35.5. The summed E-state index contributed by atoms with van der Waals surface area (Å²) in [6.45, 7) is 4.84. The molecule has 2 aromatic carbocycles. The lowest BCUT2D eigenvalue weighted by Gasteiger charge is -2.25. The van der Waals surface area contributed by atoms with E-state index in [9.17, 15) is 4.79 Å². The van der Waals surface area contributed by atoms with E-state index in [0.29, 0.717) is 13.0 Å². The van der Waals surface area contributed by atoms with Gasteiger partial charge in [-0.2, -0.15) is 0 Å². The number of carbonyl (C=O) groups is 1. The van der Waals surface area contributed by atoms with Gasteiger partial charge in [-0.05, 0) is 35.7 Å². The summed E-state index contributed by atoms with van der Waals surface area (Å²) in [5.74, 6) is 0.0762. The Kier molecular flexibility index (Phi) is 5.14. The van der Waals surface area contributed by atoms with Crippen LogP contribution in [0.4, 0.5) is 0 Å². The van der Waals surface area contributed by atoms with Crippen molar-refractivity contribution in [3.8, 4) is 0 Å². The molecule has 0 bridgehead atoms. The van der Waals surface area contributed by atoms with E-state index >= 15 is 0 Å². The second kappa shape index (κ2) is 7.32. The van der Waals surface area contributed by atoms with Crippen LogP contribution in [0.2, 0.25) is 5.02 Å². The second-order valence-corrected chi connectivity index (χ2v) is 7.46. The molecule has 3 aromatic rings. The molecule has 130 valence electrons. The van der Waals surface area contributed by atoms with Gasteiger partial charge in [-0.15, -0.1) is 0 Å². The molecule has 0 aliphatic carbocycles. The van der Waals surface area contributed by atoms with Crippen LogP contribution >= 0.6 is 11.6 Å². The van der Waals surface area contributed by atoms with Gasteiger partial charge in [0.15, 0.2) is 0 Å². The predicted octanol–water partition coefficient (Wildman–Crippen LogP) is 4.85. The van der Waals surface area contributed by atoms with Gasteiger partial charge in [0.05, 0.1) is 0 Å². The van der Waals surface area contributed by atoms with Crippen molar-refractivity contribution < 1.29 is 4.79 Å². The van der Waals surface area contributed by atoms with Gasteiger partial charge in [0.1, 0.15) is 0 Å². The quantitative estimate of drug-likeness (QED) is 0.653. The minimum atomic E-state index is -0.138. The van der Waals surface area contributed by atoms with E-state index in [1.165, 1.54) is 10.9 Å². The van der Waals surface area contributed by atoms with Crippen molar-refractivity contribution in [3.05, 3.63) is 70.9 Å². The fourth-order valence-electron chi connectivity index (χ4n) is 3.00. The first-order valence-corrected chi connectivity index (χ1v) is 8.91. The number of aromatic nitrogens is 1. The number of hydrogen-bond acceptors (Lipinski definition) is 1. The zero-order chi connectivity index (χ0) is 17.9. The smallest absolute Gasteiger partial charge is 0.220 e. The number of rotatable bonds is 6. The van der Waals surface area contributed by atoms with Crippen LogP contribution in [0, 0.1) is 0 Å². The maximum absolute atomic E-state index is 12.3. The summed E-state index contributed by atoms with van der Waals surface area (Å²) in [6.07, 6.45) is 3.21. The average molecular weight is 355 g/mol. The summed E-state index contributed by atoms with van der Waals surface area (Å²) in [5, 5.41) is 4.98. The van der Waals surface area contributed by atoms with Crippen LogP contribution in [0.5, 0.6) is 0 Å². The summed E-state index contributed by atoms with van der Waals surface area (Å²) in [7, 11) is 0. The fraction of sp³-hybridized carbons (Fsp3) is 0.286. The van der Waals surface area contributed by atoms with Gasteiger partial charge in [0.2, 0.25) is 5.91 Å². The van der Waals surface area contributed by atoms with E-state index in [0.717, 1.165) is 22.5 Å². The third-order valence-corrected chi connectivity index (χ3v) is 4.90. The molecule has 2 N–H and O–H groups in total. The van der Waals surface area contributed by atoms with E-state index < -0.39 is 0 Å². The standard InChI is InChI=1S/C21H23ClN2O/c1-21(2,16-8-10-17(22)11-9-16)14-24-20(25)12-7-15-13-23-19-6-4-3-5-18(15)19/h3-6,8-11,13,23H,7,12,14H2,1-2H3,(H,24,25). The zero-order valence-electron chi connectivity index (χ0n) is 14.6. The average Bonchev–Trinajstić information content (AvgIpc) is 3.02. The monoisotopic (exact) mass is 354 g/mol. The first kappa shape index (κ1) is 17.6. The number of carbonyl (C=O) groups excluding carboxylic acids is 1. The van der Waals surface area contributed by atoms with Crippen LogP contribution in [0.25, 0.3) is 10.9 Å². The van der Waals surface area contributed by atoms with Crippen LogP contribution in [0.15, 0.2) is 54.7 Å². The van der Waals surface area contributed by atoms with Crippen molar-refractivity contribution >= 4 is 28.4 Å². The highest BCUT2D eigenvalue weighted by Crippen LogP contribution is 2.24. The SMILES string of the molecule is CC(C)(CNC(=O)CCc1c[nH]c2ccccc12)c1ccc(Cl)cc1. The lowest BCUT2D eigenvalue weighted by molar-refractivity contribution is -0.121. The van der Waals surface area contributed by atoms with Crippen LogP contribution in [0.1, 0.15) is 31.4 Å². The molecule has 25 heavy (non-hydrogen) atoms. The molecule has 0 spiro atoms. The van der Waals surface area contributed by atoms with Gasteiger partial charge < -0.3 is 10.3 Å². The Morgan fingerprint density at radius 2 is 1.84 bits per heavy atom. The van der Waals surface area contributed by atoms with E-state index in [1.54, 1.807) is 0 Å². The maximum Gasteiger partial charge on any atom is 0.220 e. The van der Waals surface area contributed by atoms with E-state index in [1.807, 2.05) is 48.7 Å². The van der Waals surface area contributed by atoms with E-state index in [2.05, 4.69) is 30.2 Å². The molecule has 0 atom stereocenters. The van der Waals surface area contributed by atoms with E-state index in [4.69, 9.17) is 11.6 Å². The van der Waals surface area contributed by atoms with Gasteiger partial charge >= 0.3 is 0 Å². The lowest BCUT2D eigenvalue weighted by atomic mass is 9.84. The summed E-state index contributed by atoms with van der Waals surface area (Å²) in [5.41, 5.74) is 3.32. The molecule has 0 aliphatic rings. The number of amides is 1. The molecule has 0 saturated carbocycles. The molecule has 3 nitrogen and oxygen atoms in total. The second-order valence-electron chi connectivity index (χ2n) is 7.03. The number of aryl methyl sites for hydroxylation is 1. The molecule has 0 saturated heterocycles. The maximum atomic E-state index is 12.3. The van der Waals surface area contributed by atoms with Crippen LogP contribution < -0.4 is 5.32 Å². The molecule has 0 unspecified atom stereocenters. The molecule has 3 rings (SSSR count). The molecule has 1 amide bonds. The number of hydrogen-bond donors (Lipinski definition) is 2. The van der Waals surface area contributed by atoms with Gasteiger partial charge in [-0.25, -0.2) is 0 Å². The summed E-state index contributed by atoms with van der Waals surface area (Å²) < 4.78 is 0. The van der Waals surface area contributed by atoms with Gasteiger partial charge in [0.25, 0.3) is 0 Å². The fourth-order valence-corrected chi connectivity index (χ4v) is 3.12. The summed E-state index contributed by atoms with van der Waals surface area (Å²) in [6, 6.07) is 16.0. The largest absolute Gasteiger partial charge is 0.361 e. The Balaban J connectivity index is 1.55. The van der Waals surface area contributed by atoms with E-state index in [-0.39, 0.29) is 11.3 Å². The van der Waals surface area contributed by atoms with Crippen molar-refractivity contribution in [2.45, 2.75) is 32.1 Å². The third-order valence-electron chi connectivity index (χ3n) is 4.65. The predicted molar refractivity (Wildman–Crippen MR) is 104 cm³/mol. The number of nitrogens with one attached hydrogen (secondary N) is 2. The molecule has 4 heteroatoms. The Bertz CT molecular complexity index is 865. The third kappa shape index (κ3) is 4.23. The first-order chi connectivity index (χ1) is 12.0. The summed E-state index contributed by atoms with van der Waals surface area (Å²) in [4.78, 5) is 15.5. The molecular formula is C21H23ClN2O. The number of benzene rings is 2. The highest BCUT2D eigenvalue weighted by Gasteiger charge is 2.21. The minimum Gasteiger partial charge on any atom is -0.361 e. The molecule has 0 aliphatic heterocycles. The van der Waals surface area contributed by atoms with Crippen molar-refractivity contribution in [1.82, 2.24) is 10.3 Å². The van der Waals surface area contributed by atoms with Crippen molar-refractivity contribution in [1.29, 1.82) is 0 Å². The molecule has 0 fully saturated rings. The number of fused-ring (bicyclic) bond motifs is 1. The topological polar surface area (TPSA) is 44.9 Å². The van der Waals surface area contributed by atoms with Crippen molar-refractivity contribution in [2.75, 3.05) is 6.54 Å². The number of halogens is 1. The van der Waals surface area contributed by atoms with Crippen LogP contribution in [-0.2, 0) is 16.6 Å². The lowest BCUT2D eigenvalue weighted by Crippen LogP contribution is -2.36. The highest BCUT2D eigenvalue weighted by molar-refractivity contribution is 6.30. The van der Waals surface area contributed by atoms with Crippen LogP contribution in [-0.4, -0.2) is 17.4 Å². The minimum absolute atomic E-state index is 0.0762. The number of H-pyrrole nitrogens is 1. The number of aromatic amines is 1. The van der Waals surface area contributed by atoms with Crippen LogP contribution in [0.3, 0.4) is 0 Å². The molecule has 0 radical (unpaired) electrons. The Labute approximate surface area is 153 Å². The molecule has 1 aromatic heterocycles. The summed E-state index contributed by atoms with van der Waals surface area (Å²) >= 11 is 5.95. The van der Waals surface area contributed by atoms with Crippen molar-refractivity contribution in [3.63, 3.8) is 0 Å². The zero-order valence-corrected chi connectivity index (χ0v) is 15.4. The normalized spacial score (nSPS) is 11.6. The molecular weight excluding hydrogens is 332 g/mol. The number of para-hydroxylation sites is 1. The van der Waals surface area contributed by atoms with Gasteiger partial charge in [-0.3, -0.25) is 4.79 Å². The first-order valence-electron chi connectivity index (χ1n) is 8.53.